The third-order valence-electron chi connectivity index (χ3n) is 14.9. The summed E-state index contributed by atoms with van der Waals surface area (Å²) in [5.74, 6) is -2.38. The highest BCUT2D eigenvalue weighted by Crippen LogP contribution is 2.33. The number of ether oxygens (including phenoxy) is 4. The molecule has 0 aromatic rings. The molecule has 0 radical (unpaired) electrons. The lowest BCUT2D eigenvalue weighted by atomic mass is 9.86. The summed E-state index contributed by atoms with van der Waals surface area (Å²) in [6.07, 6.45) is 1.72. The number of Topliss-reactive ketones (excluding diaryl/α,β-unsaturated/α-hetero) is 4. The summed E-state index contributed by atoms with van der Waals surface area (Å²) in [5.41, 5.74) is -3.34. The van der Waals surface area contributed by atoms with E-state index in [0.29, 0.717) is 6.42 Å². The number of amides is 8. The van der Waals surface area contributed by atoms with E-state index in [0.717, 1.165) is 0 Å². The van der Waals surface area contributed by atoms with Crippen LogP contribution in [0.5, 0.6) is 0 Å². The van der Waals surface area contributed by atoms with Crippen LogP contribution in [0.3, 0.4) is 0 Å². The molecule has 0 spiro atoms. The SMILES string of the molecule is CCC(C)(C)C(=O)CSC1CC(=O)N(CCCOCC(COCCCN2C(=O)CC(SCC(=O)C(C)(C)C)C2=O)(COCCCN2C(=O)CC(SCC(=O)C(C)(C)C)C2=O)COCCCN2C(=O)CC(SCC(=O)C(C)(C)C)C2=O)C1=O. The Balaban J connectivity index is 1.45. The molecular formula is C58H90N4O16S4. The lowest BCUT2D eigenvalue weighted by Gasteiger charge is -2.33. The van der Waals surface area contributed by atoms with Crippen molar-refractivity contribution in [3.8, 4) is 0 Å². The first-order valence-electron chi connectivity index (χ1n) is 28.5. The molecule has 0 aliphatic carbocycles. The molecule has 4 saturated heterocycles. The summed E-state index contributed by atoms with van der Waals surface area (Å²) in [5, 5.41) is -2.64. The number of hydrogen-bond donors (Lipinski definition) is 0. The maximum atomic E-state index is 13.4. The minimum Gasteiger partial charge on any atom is -0.381 e. The zero-order chi connectivity index (χ0) is 61.4. The van der Waals surface area contributed by atoms with Crippen molar-refractivity contribution in [3.05, 3.63) is 0 Å². The van der Waals surface area contributed by atoms with Crippen molar-refractivity contribution in [1.82, 2.24) is 19.6 Å². The van der Waals surface area contributed by atoms with Crippen LogP contribution in [0.15, 0.2) is 0 Å². The van der Waals surface area contributed by atoms with Crippen molar-refractivity contribution in [2.75, 3.05) is 102 Å². The van der Waals surface area contributed by atoms with Crippen LogP contribution in [-0.4, -0.2) is 213 Å². The molecule has 4 aliphatic heterocycles. The van der Waals surface area contributed by atoms with Gasteiger partial charge in [-0.2, -0.15) is 0 Å². The fraction of sp³-hybridized carbons (Fsp3) is 0.793. The molecule has 0 aromatic heterocycles. The minimum atomic E-state index is -1.05. The predicted octanol–water partition coefficient (Wildman–Crippen LogP) is 5.89. The van der Waals surface area contributed by atoms with Crippen LogP contribution in [0.2, 0.25) is 0 Å². The lowest BCUT2D eigenvalue weighted by Crippen LogP contribution is -2.43. The molecule has 0 N–H and O–H groups in total. The second-order valence-corrected chi connectivity index (χ2v) is 30.1. The predicted molar refractivity (Wildman–Crippen MR) is 317 cm³/mol. The molecule has 4 rings (SSSR count). The Bertz CT molecular complexity index is 2160. The van der Waals surface area contributed by atoms with E-state index in [4.69, 9.17) is 18.9 Å². The van der Waals surface area contributed by atoms with Crippen LogP contribution < -0.4 is 0 Å². The second kappa shape index (κ2) is 31.7. The Morgan fingerprint density at radius 3 is 0.817 bits per heavy atom. The third kappa shape index (κ3) is 21.2. The van der Waals surface area contributed by atoms with Gasteiger partial charge in [0.15, 0.2) is 0 Å². The van der Waals surface area contributed by atoms with Crippen LogP contribution in [0, 0.1) is 27.1 Å². The number of hydrogen-bond acceptors (Lipinski definition) is 20. The molecule has 0 saturated carbocycles. The average Bonchev–Trinajstić information content (AvgIpc) is 4.17. The first-order valence-corrected chi connectivity index (χ1v) is 32.7. The Labute approximate surface area is 501 Å². The number of imide groups is 4. The molecular weight excluding hydrogens is 1140 g/mol. The summed E-state index contributed by atoms with van der Waals surface area (Å²) < 4.78 is 25.1. The van der Waals surface area contributed by atoms with Gasteiger partial charge < -0.3 is 18.9 Å². The van der Waals surface area contributed by atoms with Gasteiger partial charge in [-0.3, -0.25) is 77.1 Å². The molecule has 0 aromatic carbocycles. The zero-order valence-corrected chi connectivity index (χ0v) is 53.7. The highest BCUT2D eigenvalue weighted by Gasteiger charge is 2.44. The van der Waals surface area contributed by atoms with Crippen molar-refractivity contribution in [2.24, 2.45) is 27.1 Å². The standard InChI is InChI=1S/C58H90N4O16S4/c1-13-57(11,12)45(66)33-82-41-29-49(70)62(53(41)74)21-17-25-78-37-58(34-75-22-14-18-59-46(67)26-38(50(59)71)79-30-42(63)54(2,3)4,35-76-23-15-19-60-47(68)27-39(51(60)72)80-31-43(64)55(5,6)7)36-77-24-16-20-61-48(69)28-40(52(61)73)81-32-44(65)56(8,9)10/h38-41H,13-37H2,1-12H3. The van der Waals surface area contributed by atoms with Gasteiger partial charge in [-0.1, -0.05) is 83.1 Å². The zero-order valence-electron chi connectivity index (χ0n) is 50.4. The number of rotatable bonds is 38. The summed E-state index contributed by atoms with van der Waals surface area (Å²) in [7, 11) is 0. The van der Waals surface area contributed by atoms with E-state index >= 15 is 0 Å². The number of ketones is 4. The Hall–Kier alpha value is -3.52. The van der Waals surface area contributed by atoms with E-state index in [9.17, 15) is 57.5 Å². The van der Waals surface area contributed by atoms with Gasteiger partial charge in [0.1, 0.15) is 23.1 Å². The van der Waals surface area contributed by atoms with Crippen molar-refractivity contribution in [3.63, 3.8) is 0 Å². The molecule has 0 bridgehead atoms. The number of likely N-dealkylation sites (tertiary alicyclic amines) is 4. The minimum absolute atomic E-state index is 0.00639. The van der Waals surface area contributed by atoms with Gasteiger partial charge >= 0.3 is 0 Å². The highest BCUT2D eigenvalue weighted by molar-refractivity contribution is 8.02. The number of nitrogens with zero attached hydrogens (tertiary/aromatic N) is 4. The van der Waals surface area contributed by atoms with E-state index in [1.54, 1.807) is 62.3 Å². The fourth-order valence-corrected chi connectivity index (χ4v) is 13.7. The van der Waals surface area contributed by atoms with Crippen LogP contribution in [-0.2, 0) is 76.5 Å². The average molecular weight is 1230 g/mol. The quantitative estimate of drug-likeness (QED) is 0.0515. The van der Waals surface area contributed by atoms with Crippen LogP contribution >= 0.6 is 47.0 Å². The largest absolute Gasteiger partial charge is 0.381 e. The van der Waals surface area contributed by atoms with Crippen LogP contribution in [0.25, 0.3) is 0 Å². The fourth-order valence-electron chi connectivity index (χ4n) is 8.52. The summed E-state index contributed by atoms with van der Waals surface area (Å²) >= 11 is 4.69. The van der Waals surface area contributed by atoms with Crippen molar-refractivity contribution in [1.29, 1.82) is 0 Å². The van der Waals surface area contributed by atoms with E-state index in [2.05, 4.69) is 0 Å². The summed E-state index contributed by atoms with van der Waals surface area (Å²) in [6.45, 7) is 22.5. The highest BCUT2D eigenvalue weighted by atomic mass is 32.2. The summed E-state index contributed by atoms with van der Waals surface area (Å²) in [6, 6.07) is 0. The van der Waals surface area contributed by atoms with E-state index < -0.39 is 48.1 Å². The molecule has 4 unspecified atom stereocenters. The number of carbonyl (C=O) groups is 12. The number of thioether (sulfide) groups is 4. The molecule has 8 amide bonds. The Kier molecular flexibility index (Phi) is 27.5. The van der Waals surface area contributed by atoms with E-state index in [-0.39, 0.29) is 224 Å². The smallest absolute Gasteiger partial charge is 0.242 e. The summed E-state index contributed by atoms with van der Waals surface area (Å²) in [4.78, 5) is 161. The molecule has 4 fully saturated rings. The molecule has 24 heteroatoms. The molecule has 82 heavy (non-hydrogen) atoms. The van der Waals surface area contributed by atoms with Gasteiger partial charge in [-0.05, 0) is 32.1 Å². The first-order chi connectivity index (χ1) is 38.2. The topological polar surface area (TPSA) is 255 Å². The maximum absolute atomic E-state index is 13.4. The number of carbonyl (C=O) groups excluding carboxylic acids is 12. The monoisotopic (exact) mass is 1230 g/mol. The van der Waals surface area contributed by atoms with Crippen molar-refractivity contribution < 1.29 is 76.5 Å². The van der Waals surface area contributed by atoms with Crippen molar-refractivity contribution in [2.45, 2.75) is 162 Å². The van der Waals surface area contributed by atoms with Crippen LogP contribution in [0.1, 0.15) is 141 Å². The van der Waals surface area contributed by atoms with Gasteiger partial charge in [0.05, 0.1) is 75.9 Å². The molecule has 20 nitrogen and oxygen atoms in total. The van der Waals surface area contributed by atoms with Gasteiger partial charge in [0.2, 0.25) is 47.3 Å². The van der Waals surface area contributed by atoms with Crippen molar-refractivity contribution >= 4 is 117 Å². The van der Waals surface area contributed by atoms with Gasteiger partial charge in [-0.15, -0.1) is 47.0 Å². The van der Waals surface area contributed by atoms with Gasteiger partial charge in [0, 0.05) is 99.9 Å². The normalized spacial score (nSPS) is 21.1. The Morgan fingerprint density at radius 1 is 0.390 bits per heavy atom. The molecule has 4 atom stereocenters. The molecule has 4 heterocycles. The third-order valence-corrected chi connectivity index (χ3v) is 19.7. The lowest BCUT2D eigenvalue weighted by molar-refractivity contribution is -0.140. The second-order valence-electron chi connectivity index (χ2n) is 25.4. The van der Waals surface area contributed by atoms with E-state index in [1.807, 2.05) is 20.8 Å². The van der Waals surface area contributed by atoms with Gasteiger partial charge in [0.25, 0.3) is 0 Å². The first kappa shape index (κ1) is 71.0. The van der Waals surface area contributed by atoms with Crippen LogP contribution in [0.4, 0.5) is 0 Å². The Morgan fingerprint density at radius 2 is 0.610 bits per heavy atom. The molecule has 4 aliphatic rings. The van der Waals surface area contributed by atoms with E-state index in [1.165, 1.54) is 66.6 Å². The molecule has 462 valence electrons. The van der Waals surface area contributed by atoms with Gasteiger partial charge in [-0.25, -0.2) is 0 Å². The maximum Gasteiger partial charge on any atom is 0.242 e.